The highest BCUT2D eigenvalue weighted by Gasteiger charge is 2.40. The van der Waals surface area contributed by atoms with Crippen molar-refractivity contribution in [3.8, 4) is 0 Å². The van der Waals surface area contributed by atoms with E-state index in [0.717, 1.165) is 25.7 Å². The molecule has 0 aromatic carbocycles. The van der Waals surface area contributed by atoms with E-state index in [4.69, 9.17) is 0 Å². The second-order valence-corrected chi connectivity index (χ2v) is 7.12. The summed E-state index contributed by atoms with van der Waals surface area (Å²) in [5.41, 5.74) is -0.753. The van der Waals surface area contributed by atoms with Gasteiger partial charge < -0.3 is 5.11 Å². The van der Waals surface area contributed by atoms with Gasteiger partial charge in [-0.25, -0.2) is 8.42 Å². The minimum Gasteiger partial charge on any atom is -0.389 e. The zero-order valence-electron chi connectivity index (χ0n) is 9.15. The molecule has 1 N–H and O–H groups in total. The van der Waals surface area contributed by atoms with Crippen molar-refractivity contribution >= 4 is 10.0 Å². The first-order chi connectivity index (χ1) is 6.91. The molecule has 0 aromatic heterocycles. The van der Waals surface area contributed by atoms with Crippen LogP contribution in [0.2, 0.25) is 0 Å². The van der Waals surface area contributed by atoms with Crippen molar-refractivity contribution in [2.75, 3.05) is 18.8 Å². The lowest BCUT2D eigenvalue weighted by Crippen LogP contribution is -2.41. The molecule has 0 amide bonds. The van der Waals surface area contributed by atoms with Crippen LogP contribution >= 0.6 is 0 Å². The molecular weight excluding hydrogens is 214 g/mol. The van der Waals surface area contributed by atoms with Gasteiger partial charge in [0.2, 0.25) is 10.0 Å². The maximum atomic E-state index is 11.7. The summed E-state index contributed by atoms with van der Waals surface area (Å²) in [6.45, 7) is 2.82. The van der Waals surface area contributed by atoms with Gasteiger partial charge in [0.1, 0.15) is 0 Å². The highest BCUT2D eigenvalue weighted by Crippen LogP contribution is 2.32. The van der Waals surface area contributed by atoms with Gasteiger partial charge in [-0.3, -0.25) is 0 Å². The molecule has 2 aliphatic rings. The van der Waals surface area contributed by atoms with Gasteiger partial charge in [0.15, 0.2) is 0 Å². The number of sulfonamides is 1. The van der Waals surface area contributed by atoms with Gasteiger partial charge in [-0.1, -0.05) is 19.8 Å². The largest absolute Gasteiger partial charge is 0.389 e. The van der Waals surface area contributed by atoms with Gasteiger partial charge >= 0.3 is 0 Å². The Hall–Kier alpha value is -0.130. The van der Waals surface area contributed by atoms with Crippen LogP contribution in [-0.4, -0.2) is 42.3 Å². The molecule has 2 fully saturated rings. The third-order valence-corrected chi connectivity index (χ3v) is 5.46. The highest BCUT2D eigenvalue weighted by atomic mass is 32.2. The molecule has 0 aromatic rings. The number of aliphatic hydroxyl groups is 1. The van der Waals surface area contributed by atoms with Gasteiger partial charge in [0.05, 0.1) is 11.4 Å². The first-order valence-electron chi connectivity index (χ1n) is 5.62. The number of hydrogen-bond donors (Lipinski definition) is 1. The van der Waals surface area contributed by atoms with Crippen molar-refractivity contribution in [1.82, 2.24) is 4.31 Å². The average Bonchev–Trinajstić information content (AvgIpc) is 2.58. The summed E-state index contributed by atoms with van der Waals surface area (Å²) in [5, 5.41) is 10.2. The molecule has 4 nitrogen and oxygen atoms in total. The van der Waals surface area contributed by atoms with Crippen molar-refractivity contribution in [1.29, 1.82) is 0 Å². The number of hydrogen-bond acceptors (Lipinski definition) is 3. The van der Waals surface area contributed by atoms with E-state index in [1.807, 2.05) is 6.92 Å². The number of rotatable bonds is 2. The Morgan fingerprint density at radius 3 is 2.47 bits per heavy atom. The minimum absolute atomic E-state index is 0.194. The van der Waals surface area contributed by atoms with Crippen molar-refractivity contribution in [3.05, 3.63) is 0 Å². The lowest BCUT2D eigenvalue weighted by atomic mass is 10.0. The normalized spacial score (nSPS) is 34.7. The van der Waals surface area contributed by atoms with E-state index in [-0.39, 0.29) is 11.7 Å². The van der Waals surface area contributed by atoms with Gasteiger partial charge in [-0.15, -0.1) is 0 Å². The van der Waals surface area contributed by atoms with E-state index in [1.54, 1.807) is 0 Å². The zero-order chi connectivity index (χ0) is 11.1. The molecule has 1 aliphatic carbocycles. The predicted octanol–water partition coefficient (Wildman–Crippen LogP) is 0.573. The van der Waals surface area contributed by atoms with Gasteiger partial charge in [-0.05, 0) is 18.8 Å². The molecule has 0 bridgehead atoms. The fraction of sp³-hybridized carbons (Fsp3) is 1.00. The zero-order valence-corrected chi connectivity index (χ0v) is 9.96. The Morgan fingerprint density at radius 1 is 1.40 bits per heavy atom. The van der Waals surface area contributed by atoms with Gasteiger partial charge in [-0.2, -0.15) is 4.31 Å². The predicted molar refractivity (Wildman–Crippen MR) is 57.9 cm³/mol. The Balaban J connectivity index is 2.06. The second-order valence-electron chi connectivity index (χ2n) is 5.11. The fourth-order valence-corrected chi connectivity index (χ4v) is 4.62. The van der Waals surface area contributed by atoms with Crippen molar-refractivity contribution in [3.63, 3.8) is 0 Å². The summed E-state index contributed by atoms with van der Waals surface area (Å²) in [6, 6.07) is 0. The Labute approximate surface area is 91.3 Å². The molecule has 0 radical (unpaired) electrons. The first-order valence-corrected chi connectivity index (χ1v) is 7.22. The molecule has 0 spiro atoms. The van der Waals surface area contributed by atoms with Crippen molar-refractivity contribution in [2.24, 2.45) is 5.92 Å². The molecule has 1 atom stereocenters. The fourth-order valence-electron chi connectivity index (χ4n) is 2.66. The van der Waals surface area contributed by atoms with Crippen LogP contribution in [0.5, 0.6) is 0 Å². The van der Waals surface area contributed by atoms with Crippen LogP contribution in [0, 0.1) is 5.92 Å². The third kappa shape index (κ3) is 2.34. The van der Waals surface area contributed by atoms with Crippen LogP contribution in [0.15, 0.2) is 0 Å². The molecule has 1 saturated carbocycles. The molecule has 5 heteroatoms. The van der Waals surface area contributed by atoms with Crippen LogP contribution < -0.4 is 0 Å². The molecule has 88 valence electrons. The topological polar surface area (TPSA) is 57.6 Å². The van der Waals surface area contributed by atoms with Crippen LogP contribution in [0.3, 0.4) is 0 Å². The van der Waals surface area contributed by atoms with Crippen LogP contribution in [0.1, 0.15) is 32.6 Å². The van der Waals surface area contributed by atoms with Gasteiger partial charge in [0, 0.05) is 13.1 Å². The van der Waals surface area contributed by atoms with E-state index < -0.39 is 15.6 Å². The highest BCUT2D eigenvalue weighted by molar-refractivity contribution is 7.89. The van der Waals surface area contributed by atoms with E-state index in [1.165, 1.54) is 4.31 Å². The summed E-state index contributed by atoms with van der Waals surface area (Å²) < 4.78 is 24.9. The van der Waals surface area contributed by atoms with Crippen molar-refractivity contribution in [2.45, 2.75) is 38.2 Å². The molecule has 1 aliphatic heterocycles. The molecule has 1 saturated heterocycles. The first kappa shape index (κ1) is 11.4. The van der Waals surface area contributed by atoms with E-state index in [9.17, 15) is 13.5 Å². The van der Waals surface area contributed by atoms with Crippen LogP contribution in [0.4, 0.5) is 0 Å². The smallest absolute Gasteiger partial charge is 0.214 e. The Bertz CT molecular complexity index is 333. The lowest BCUT2D eigenvalue weighted by Gasteiger charge is -2.27. The molecular formula is C10H19NO3S. The van der Waals surface area contributed by atoms with Crippen molar-refractivity contribution < 1.29 is 13.5 Å². The molecule has 1 heterocycles. The Kier molecular flexibility index (Phi) is 2.81. The number of β-amino-alcohol motifs (C(OH)–C–C–N with tert-alkyl or cyclic N) is 1. The third-order valence-electron chi connectivity index (χ3n) is 3.41. The SMILES string of the molecule is CC1CN(CC2(O)CCCC2)S(=O)(=O)C1. The summed E-state index contributed by atoms with van der Waals surface area (Å²) in [4.78, 5) is 0. The lowest BCUT2D eigenvalue weighted by molar-refractivity contribution is 0.0297. The minimum atomic E-state index is -3.09. The monoisotopic (exact) mass is 233 g/mol. The molecule has 15 heavy (non-hydrogen) atoms. The maximum absolute atomic E-state index is 11.7. The Morgan fingerprint density at radius 2 is 2.00 bits per heavy atom. The van der Waals surface area contributed by atoms with Gasteiger partial charge in [0.25, 0.3) is 0 Å². The summed E-state index contributed by atoms with van der Waals surface area (Å²) >= 11 is 0. The molecule has 1 unspecified atom stereocenters. The van der Waals surface area contributed by atoms with E-state index >= 15 is 0 Å². The summed E-state index contributed by atoms with van der Waals surface area (Å²) in [5.74, 6) is 0.434. The maximum Gasteiger partial charge on any atom is 0.214 e. The van der Waals surface area contributed by atoms with E-state index in [2.05, 4.69) is 0 Å². The molecule has 2 rings (SSSR count). The van der Waals surface area contributed by atoms with E-state index in [0.29, 0.717) is 13.1 Å². The summed E-state index contributed by atoms with van der Waals surface area (Å²) in [7, 11) is -3.09. The quantitative estimate of drug-likeness (QED) is 0.758. The second kappa shape index (κ2) is 3.71. The average molecular weight is 233 g/mol. The summed E-state index contributed by atoms with van der Waals surface area (Å²) in [6.07, 6.45) is 3.51. The standard InChI is InChI=1S/C10H19NO3S/c1-9-6-11(15(13,14)7-9)8-10(12)4-2-3-5-10/h9,12H,2-8H2,1H3. The number of nitrogens with zero attached hydrogens (tertiary/aromatic N) is 1. The van der Waals surface area contributed by atoms with Crippen LogP contribution in [-0.2, 0) is 10.0 Å². The van der Waals surface area contributed by atoms with Crippen LogP contribution in [0.25, 0.3) is 0 Å².